The second-order valence-corrected chi connectivity index (χ2v) is 2.96. The normalized spacial score (nSPS) is 8.92. The lowest BCUT2D eigenvalue weighted by Crippen LogP contribution is -2.31. The highest BCUT2D eigenvalue weighted by Gasteiger charge is 2.13. The molecule has 2 radical (unpaired) electrons. The molecule has 0 aliphatic heterocycles. The summed E-state index contributed by atoms with van der Waals surface area (Å²) in [6, 6.07) is 7.22. The molecule has 1 aromatic carbocycles. The first kappa shape index (κ1) is 12.3. The number of hydrogen-bond acceptors (Lipinski definition) is 3. The van der Waals surface area contributed by atoms with E-state index < -0.39 is 7.12 Å². The lowest BCUT2D eigenvalue weighted by atomic mass is 9.80. The molecule has 0 bridgehead atoms. The first-order chi connectivity index (χ1) is 5.25. The van der Waals surface area contributed by atoms with Crippen molar-refractivity contribution in [2.75, 3.05) is 6.26 Å². The molecule has 1 rings (SSSR count). The average molecular weight is 192 g/mol. The zero-order valence-corrected chi connectivity index (χ0v) is 9.13. The second-order valence-electron chi connectivity index (χ2n) is 2.12. The minimum atomic E-state index is -1.36. The zero-order chi connectivity index (χ0) is 8.27. The summed E-state index contributed by atoms with van der Waals surface area (Å²) in [5.41, 5.74) is 0.569. The van der Waals surface area contributed by atoms with Crippen molar-refractivity contribution in [1.82, 2.24) is 0 Å². The van der Waals surface area contributed by atoms with Gasteiger partial charge < -0.3 is 10.0 Å². The van der Waals surface area contributed by atoms with Gasteiger partial charge in [-0.1, -0.05) is 18.2 Å². The Morgan fingerprint density at radius 1 is 1.25 bits per heavy atom. The molecule has 12 heavy (non-hydrogen) atoms. The van der Waals surface area contributed by atoms with E-state index in [4.69, 9.17) is 10.0 Å². The third-order valence-corrected chi connectivity index (χ3v) is 2.23. The highest BCUT2D eigenvalue weighted by molar-refractivity contribution is 7.98. The summed E-state index contributed by atoms with van der Waals surface area (Å²) < 4.78 is 0. The summed E-state index contributed by atoms with van der Waals surface area (Å²) in [5, 5.41) is 17.8. The predicted octanol–water partition coefficient (Wildman–Crippen LogP) is -0.293. The van der Waals surface area contributed by atoms with Gasteiger partial charge >= 0.3 is 7.12 Å². The third-order valence-electron chi connectivity index (χ3n) is 1.42. The average Bonchev–Trinajstić information content (AvgIpc) is 2.04. The first-order valence-electron chi connectivity index (χ1n) is 3.24. The Morgan fingerprint density at radius 3 is 2.25 bits per heavy atom. The SMILES string of the molecule is CSc1ccccc1B(O)O.[Mg]. The van der Waals surface area contributed by atoms with E-state index in [0.29, 0.717) is 5.46 Å². The van der Waals surface area contributed by atoms with Crippen LogP contribution < -0.4 is 5.46 Å². The van der Waals surface area contributed by atoms with Crippen molar-refractivity contribution in [3.05, 3.63) is 24.3 Å². The molecular formula is C7H9BMgO2S. The van der Waals surface area contributed by atoms with Crippen molar-refractivity contribution >= 4 is 47.4 Å². The molecule has 0 saturated heterocycles. The number of rotatable bonds is 2. The van der Waals surface area contributed by atoms with Crippen LogP contribution in [0.4, 0.5) is 0 Å². The lowest BCUT2D eigenvalue weighted by molar-refractivity contribution is 0.425. The molecule has 0 aliphatic rings. The van der Waals surface area contributed by atoms with E-state index in [9.17, 15) is 0 Å². The Hall–Kier alpha value is 0.321. The van der Waals surface area contributed by atoms with Gasteiger partial charge in [0.15, 0.2) is 0 Å². The Balaban J connectivity index is 0.00000121. The molecular weight excluding hydrogens is 183 g/mol. The molecule has 2 N–H and O–H groups in total. The fourth-order valence-electron chi connectivity index (χ4n) is 0.880. The highest BCUT2D eigenvalue weighted by atomic mass is 32.2. The van der Waals surface area contributed by atoms with Crippen molar-refractivity contribution in [1.29, 1.82) is 0 Å². The van der Waals surface area contributed by atoms with E-state index in [1.165, 1.54) is 11.8 Å². The van der Waals surface area contributed by atoms with Crippen LogP contribution in [0.25, 0.3) is 0 Å². The lowest BCUT2D eigenvalue weighted by Gasteiger charge is -2.03. The third kappa shape index (κ3) is 2.99. The number of benzene rings is 1. The summed E-state index contributed by atoms with van der Waals surface area (Å²) in [6.45, 7) is 0. The van der Waals surface area contributed by atoms with Gasteiger partial charge in [0.25, 0.3) is 0 Å². The minimum Gasteiger partial charge on any atom is -0.423 e. The molecule has 1 aromatic rings. The standard InChI is InChI=1S/C7H9BO2S.Mg/c1-11-7-5-3-2-4-6(7)8(9)10;/h2-5,9-10H,1H3;. The van der Waals surface area contributed by atoms with E-state index in [-0.39, 0.29) is 23.1 Å². The minimum absolute atomic E-state index is 0. The number of thioether (sulfide) groups is 1. The van der Waals surface area contributed by atoms with Crippen LogP contribution >= 0.6 is 11.8 Å². The van der Waals surface area contributed by atoms with Crippen molar-refractivity contribution in [2.45, 2.75) is 4.90 Å². The Morgan fingerprint density at radius 2 is 1.83 bits per heavy atom. The van der Waals surface area contributed by atoms with Crippen molar-refractivity contribution in [3.63, 3.8) is 0 Å². The quantitative estimate of drug-likeness (QED) is 0.500. The van der Waals surface area contributed by atoms with Crippen LogP contribution in [0.5, 0.6) is 0 Å². The fourth-order valence-corrected chi connectivity index (χ4v) is 1.50. The molecule has 0 fully saturated rings. The maximum Gasteiger partial charge on any atom is 0.489 e. The Kier molecular flexibility index (Phi) is 6.04. The van der Waals surface area contributed by atoms with Gasteiger partial charge in [0.05, 0.1) is 0 Å². The molecule has 0 aromatic heterocycles. The molecule has 0 amide bonds. The second kappa shape index (κ2) is 5.88. The topological polar surface area (TPSA) is 40.5 Å². The van der Waals surface area contributed by atoms with E-state index in [1.54, 1.807) is 12.1 Å². The molecule has 0 saturated carbocycles. The van der Waals surface area contributed by atoms with Gasteiger partial charge in [-0.05, 0) is 17.8 Å². The summed E-state index contributed by atoms with van der Waals surface area (Å²) >= 11 is 1.50. The van der Waals surface area contributed by atoms with Crippen molar-refractivity contribution in [2.24, 2.45) is 0 Å². The predicted molar refractivity (Wildman–Crippen MR) is 53.8 cm³/mol. The highest BCUT2D eigenvalue weighted by Crippen LogP contribution is 2.10. The van der Waals surface area contributed by atoms with E-state index in [1.807, 2.05) is 18.4 Å². The van der Waals surface area contributed by atoms with Crippen LogP contribution in [-0.2, 0) is 0 Å². The van der Waals surface area contributed by atoms with E-state index in [0.717, 1.165) is 4.90 Å². The smallest absolute Gasteiger partial charge is 0.423 e. The molecule has 5 heteroatoms. The summed E-state index contributed by atoms with van der Waals surface area (Å²) in [5.74, 6) is 0. The van der Waals surface area contributed by atoms with Crippen LogP contribution in [-0.4, -0.2) is 46.5 Å². The van der Waals surface area contributed by atoms with Gasteiger partial charge in [-0.2, -0.15) is 0 Å². The zero-order valence-electron chi connectivity index (χ0n) is 6.90. The molecule has 0 spiro atoms. The van der Waals surface area contributed by atoms with Crippen LogP contribution in [0.2, 0.25) is 0 Å². The Bertz CT molecular complexity index is 245. The fraction of sp³-hybridized carbons (Fsp3) is 0.143. The maximum absolute atomic E-state index is 8.88. The summed E-state index contributed by atoms with van der Waals surface area (Å²) in [6.07, 6.45) is 1.90. The van der Waals surface area contributed by atoms with Gasteiger partial charge in [0, 0.05) is 27.9 Å². The van der Waals surface area contributed by atoms with Crippen LogP contribution in [0.3, 0.4) is 0 Å². The Labute approximate surface area is 92.7 Å². The van der Waals surface area contributed by atoms with Gasteiger partial charge in [0.2, 0.25) is 0 Å². The number of hydrogen-bond donors (Lipinski definition) is 2. The summed E-state index contributed by atoms with van der Waals surface area (Å²) in [7, 11) is -1.36. The van der Waals surface area contributed by atoms with Crippen molar-refractivity contribution < 1.29 is 10.0 Å². The van der Waals surface area contributed by atoms with E-state index >= 15 is 0 Å². The van der Waals surface area contributed by atoms with Gasteiger partial charge in [-0.3, -0.25) is 0 Å². The molecule has 0 heterocycles. The molecule has 60 valence electrons. The van der Waals surface area contributed by atoms with E-state index in [2.05, 4.69) is 0 Å². The monoisotopic (exact) mass is 192 g/mol. The molecule has 0 unspecified atom stereocenters. The maximum atomic E-state index is 8.88. The molecule has 2 nitrogen and oxygen atoms in total. The summed E-state index contributed by atoms with van der Waals surface area (Å²) in [4.78, 5) is 0.905. The van der Waals surface area contributed by atoms with Gasteiger partial charge in [-0.25, -0.2) is 0 Å². The molecule has 0 aliphatic carbocycles. The van der Waals surface area contributed by atoms with Crippen LogP contribution in [0.15, 0.2) is 29.2 Å². The van der Waals surface area contributed by atoms with Gasteiger partial charge in [0.1, 0.15) is 0 Å². The molecule has 0 atom stereocenters. The largest absolute Gasteiger partial charge is 0.489 e. The van der Waals surface area contributed by atoms with Crippen molar-refractivity contribution in [3.8, 4) is 0 Å². The van der Waals surface area contributed by atoms with Crippen LogP contribution in [0, 0.1) is 0 Å². The first-order valence-corrected chi connectivity index (χ1v) is 4.47. The van der Waals surface area contributed by atoms with Crippen LogP contribution in [0.1, 0.15) is 0 Å². The van der Waals surface area contributed by atoms with Gasteiger partial charge in [-0.15, -0.1) is 11.8 Å².